The van der Waals surface area contributed by atoms with Crippen LogP contribution in [0.15, 0.2) is 18.2 Å². The van der Waals surface area contributed by atoms with Crippen molar-refractivity contribution in [3.63, 3.8) is 0 Å². The first-order chi connectivity index (χ1) is 9.10. The lowest BCUT2D eigenvalue weighted by molar-refractivity contribution is -0.120. The van der Waals surface area contributed by atoms with Crippen LogP contribution in [0.1, 0.15) is 34.3 Å². The smallest absolute Gasteiger partial charge is 0.338 e. The number of esters is 1. The zero-order valence-electron chi connectivity index (χ0n) is 11.4. The Labute approximate surface area is 113 Å². The zero-order chi connectivity index (χ0) is 13.8. The van der Waals surface area contributed by atoms with E-state index in [1.165, 1.54) is 0 Å². The first-order valence-corrected chi connectivity index (χ1v) is 6.57. The number of benzene rings is 1. The van der Waals surface area contributed by atoms with Gasteiger partial charge in [0.05, 0.1) is 5.56 Å². The van der Waals surface area contributed by atoms with Crippen molar-refractivity contribution in [2.24, 2.45) is 0 Å². The van der Waals surface area contributed by atoms with Gasteiger partial charge in [0.25, 0.3) is 0 Å². The molecule has 1 aromatic rings. The van der Waals surface area contributed by atoms with E-state index in [2.05, 4.69) is 0 Å². The van der Waals surface area contributed by atoms with E-state index in [9.17, 15) is 9.59 Å². The van der Waals surface area contributed by atoms with Crippen molar-refractivity contribution >= 4 is 12.4 Å². The molecule has 1 fully saturated rings. The van der Waals surface area contributed by atoms with Crippen LogP contribution in [0.4, 0.5) is 0 Å². The lowest BCUT2D eigenvalue weighted by atomic mass is 10.1. The number of hydrogen-bond acceptors (Lipinski definition) is 3. The first kappa shape index (κ1) is 13.6. The van der Waals surface area contributed by atoms with Gasteiger partial charge in [-0.25, -0.2) is 4.79 Å². The highest BCUT2D eigenvalue weighted by atomic mass is 16.5. The predicted molar refractivity (Wildman–Crippen MR) is 72.0 cm³/mol. The molecule has 1 saturated heterocycles. The van der Waals surface area contributed by atoms with E-state index in [4.69, 9.17) is 4.74 Å². The lowest BCUT2D eigenvalue weighted by Crippen LogP contribution is -2.37. The summed E-state index contributed by atoms with van der Waals surface area (Å²) < 4.78 is 5.52. The Bertz CT molecular complexity index is 476. The summed E-state index contributed by atoms with van der Waals surface area (Å²) in [6.45, 7) is 5.19. The summed E-state index contributed by atoms with van der Waals surface area (Å²) in [6, 6.07) is 5.77. The van der Waals surface area contributed by atoms with Crippen molar-refractivity contribution in [2.75, 3.05) is 13.1 Å². The number of ether oxygens (including phenoxy) is 1. The third kappa shape index (κ3) is 3.34. The largest absolute Gasteiger partial charge is 0.459 e. The van der Waals surface area contributed by atoms with E-state index in [1.54, 1.807) is 4.90 Å². The number of nitrogens with zero attached hydrogens (tertiary/aromatic N) is 1. The number of carbonyl (C=O) groups excluding carboxylic acids is 2. The Hall–Kier alpha value is -1.84. The molecular formula is C15H19NO3. The van der Waals surface area contributed by atoms with Crippen LogP contribution < -0.4 is 0 Å². The number of rotatable bonds is 3. The Morgan fingerprint density at radius 3 is 2.63 bits per heavy atom. The standard InChI is InChI=1S/C15H19NO3/c1-11-3-4-12(2)14(9-11)15(18)19-13-5-7-16(10-17)8-6-13/h3-4,9-10,13H,5-8H2,1-2H3. The molecule has 2 rings (SSSR count). The lowest BCUT2D eigenvalue weighted by Gasteiger charge is -2.29. The molecular weight excluding hydrogens is 242 g/mol. The van der Waals surface area contributed by atoms with Crippen molar-refractivity contribution < 1.29 is 14.3 Å². The van der Waals surface area contributed by atoms with Gasteiger partial charge in [0.15, 0.2) is 0 Å². The molecule has 4 nitrogen and oxygen atoms in total. The summed E-state index contributed by atoms with van der Waals surface area (Å²) in [7, 11) is 0. The van der Waals surface area contributed by atoms with E-state index in [0.29, 0.717) is 18.7 Å². The normalized spacial score (nSPS) is 16.2. The SMILES string of the molecule is Cc1ccc(C)c(C(=O)OC2CCN(C=O)CC2)c1. The predicted octanol–water partition coefficient (Wildman–Crippen LogP) is 2.08. The molecule has 1 aliphatic rings. The third-order valence-electron chi connectivity index (χ3n) is 3.51. The summed E-state index contributed by atoms with van der Waals surface area (Å²) in [5.41, 5.74) is 2.62. The minimum Gasteiger partial charge on any atom is -0.459 e. The van der Waals surface area contributed by atoms with Gasteiger partial charge >= 0.3 is 5.97 Å². The minimum atomic E-state index is -0.259. The number of carbonyl (C=O) groups is 2. The Morgan fingerprint density at radius 2 is 2.00 bits per heavy atom. The highest BCUT2D eigenvalue weighted by Gasteiger charge is 2.22. The second-order valence-electron chi connectivity index (χ2n) is 5.06. The summed E-state index contributed by atoms with van der Waals surface area (Å²) in [4.78, 5) is 24.5. The highest BCUT2D eigenvalue weighted by molar-refractivity contribution is 5.91. The van der Waals surface area contributed by atoms with Gasteiger partial charge in [0.1, 0.15) is 6.10 Å². The van der Waals surface area contributed by atoms with Crippen LogP contribution in [0.25, 0.3) is 0 Å². The molecule has 1 heterocycles. The summed E-state index contributed by atoms with van der Waals surface area (Å²) >= 11 is 0. The van der Waals surface area contributed by atoms with Crippen LogP contribution in [-0.2, 0) is 9.53 Å². The molecule has 0 aliphatic carbocycles. The second-order valence-corrected chi connectivity index (χ2v) is 5.06. The highest BCUT2D eigenvalue weighted by Crippen LogP contribution is 2.17. The molecule has 0 saturated carbocycles. The Balaban J connectivity index is 1.98. The Morgan fingerprint density at radius 1 is 1.32 bits per heavy atom. The monoisotopic (exact) mass is 261 g/mol. The zero-order valence-corrected chi connectivity index (χ0v) is 11.4. The molecule has 0 bridgehead atoms. The maximum Gasteiger partial charge on any atom is 0.338 e. The van der Waals surface area contributed by atoms with Crippen molar-refractivity contribution in [1.29, 1.82) is 0 Å². The minimum absolute atomic E-state index is 0.0800. The van der Waals surface area contributed by atoms with E-state index >= 15 is 0 Å². The molecule has 0 spiro atoms. The van der Waals surface area contributed by atoms with Crippen molar-refractivity contribution in [3.05, 3.63) is 34.9 Å². The van der Waals surface area contributed by atoms with Gasteiger partial charge < -0.3 is 9.64 Å². The third-order valence-corrected chi connectivity index (χ3v) is 3.51. The maximum atomic E-state index is 12.1. The molecule has 1 amide bonds. The number of piperidine rings is 1. The van der Waals surface area contributed by atoms with Gasteiger partial charge in [-0.15, -0.1) is 0 Å². The molecule has 0 atom stereocenters. The van der Waals surface area contributed by atoms with Gasteiger partial charge in [-0.1, -0.05) is 17.7 Å². The molecule has 0 aromatic heterocycles. The van der Waals surface area contributed by atoms with E-state index < -0.39 is 0 Å². The fourth-order valence-corrected chi connectivity index (χ4v) is 2.27. The van der Waals surface area contributed by atoms with Gasteiger partial charge in [0.2, 0.25) is 6.41 Å². The molecule has 0 radical (unpaired) electrons. The Kier molecular flexibility index (Phi) is 4.20. The first-order valence-electron chi connectivity index (χ1n) is 6.57. The van der Waals surface area contributed by atoms with Gasteiger partial charge in [-0.3, -0.25) is 4.79 Å². The van der Waals surface area contributed by atoms with Crippen LogP contribution >= 0.6 is 0 Å². The fraction of sp³-hybridized carbons (Fsp3) is 0.467. The van der Waals surface area contributed by atoms with Crippen LogP contribution in [0.5, 0.6) is 0 Å². The summed E-state index contributed by atoms with van der Waals surface area (Å²) in [5.74, 6) is -0.259. The molecule has 102 valence electrons. The molecule has 1 aromatic carbocycles. The fourth-order valence-electron chi connectivity index (χ4n) is 2.27. The summed E-state index contributed by atoms with van der Waals surface area (Å²) in [5, 5.41) is 0. The number of likely N-dealkylation sites (tertiary alicyclic amines) is 1. The summed E-state index contributed by atoms with van der Waals surface area (Å²) in [6.07, 6.45) is 2.21. The molecule has 4 heteroatoms. The number of hydrogen-bond donors (Lipinski definition) is 0. The maximum absolute atomic E-state index is 12.1. The second kappa shape index (κ2) is 5.87. The van der Waals surface area contributed by atoms with Crippen molar-refractivity contribution in [1.82, 2.24) is 4.90 Å². The van der Waals surface area contributed by atoms with Crippen molar-refractivity contribution in [2.45, 2.75) is 32.8 Å². The topological polar surface area (TPSA) is 46.6 Å². The van der Waals surface area contributed by atoms with Gasteiger partial charge in [-0.05, 0) is 25.5 Å². The van der Waals surface area contributed by atoms with Gasteiger partial charge in [0, 0.05) is 25.9 Å². The van der Waals surface area contributed by atoms with Gasteiger partial charge in [-0.2, -0.15) is 0 Å². The van der Waals surface area contributed by atoms with Crippen LogP contribution in [0.3, 0.4) is 0 Å². The average Bonchev–Trinajstić information content (AvgIpc) is 2.42. The molecule has 1 aliphatic heterocycles. The number of amides is 1. The molecule has 0 N–H and O–H groups in total. The van der Waals surface area contributed by atoms with Crippen LogP contribution in [0.2, 0.25) is 0 Å². The van der Waals surface area contributed by atoms with Crippen LogP contribution in [-0.4, -0.2) is 36.5 Å². The van der Waals surface area contributed by atoms with E-state index in [-0.39, 0.29) is 12.1 Å². The van der Waals surface area contributed by atoms with E-state index in [1.807, 2.05) is 32.0 Å². The van der Waals surface area contributed by atoms with Crippen LogP contribution in [0, 0.1) is 13.8 Å². The molecule has 19 heavy (non-hydrogen) atoms. The number of aryl methyl sites for hydroxylation is 2. The van der Waals surface area contributed by atoms with E-state index in [0.717, 1.165) is 30.4 Å². The van der Waals surface area contributed by atoms with Crippen molar-refractivity contribution in [3.8, 4) is 0 Å². The quantitative estimate of drug-likeness (QED) is 0.618. The molecule has 0 unspecified atom stereocenters. The average molecular weight is 261 g/mol.